The Morgan fingerprint density at radius 2 is 2.35 bits per heavy atom. The monoisotopic (exact) mass is 294 g/mol. The minimum absolute atomic E-state index is 0.0381. The molecule has 1 aromatic rings. The lowest BCUT2D eigenvalue weighted by molar-refractivity contribution is -0.122. The molecular weight excluding hydrogens is 275 g/mol. The van der Waals surface area contributed by atoms with E-state index in [2.05, 4.69) is 10.6 Å². The highest BCUT2D eigenvalue weighted by Crippen LogP contribution is 2.36. The van der Waals surface area contributed by atoms with Crippen LogP contribution in [0.5, 0.6) is 0 Å². The molecular formula is C15H19FN2OS. The first-order valence-corrected chi connectivity index (χ1v) is 8.13. The van der Waals surface area contributed by atoms with Crippen LogP contribution in [0.3, 0.4) is 0 Å². The van der Waals surface area contributed by atoms with Crippen LogP contribution in [0, 0.1) is 11.7 Å². The number of thioether (sulfide) groups is 1. The van der Waals surface area contributed by atoms with Crippen LogP contribution >= 0.6 is 11.8 Å². The van der Waals surface area contributed by atoms with E-state index in [0.29, 0.717) is 12.3 Å². The van der Waals surface area contributed by atoms with Crippen molar-refractivity contribution in [2.75, 3.05) is 18.8 Å². The molecule has 2 heterocycles. The number of fused-ring (bicyclic) bond motifs is 1. The van der Waals surface area contributed by atoms with Crippen molar-refractivity contribution in [3.63, 3.8) is 0 Å². The summed E-state index contributed by atoms with van der Waals surface area (Å²) in [5.74, 6) is 1.27. The quantitative estimate of drug-likeness (QED) is 0.900. The summed E-state index contributed by atoms with van der Waals surface area (Å²) in [6.07, 6.45) is 2.51. The predicted octanol–water partition coefficient (Wildman–Crippen LogP) is 2.48. The van der Waals surface area contributed by atoms with E-state index >= 15 is 0 Å². The zero-order valence-electron chi connectivity index (χ0n) is 11.3. The zero-order chi connectivity index (χ0) is 13.9. The fraction of sp³-hybridized carbons (Fsp3) is 0.533. The van der Waals surface area contributed by atoms with Crippen molar-refractivity contribution < 1.29 is 9.18 Å². The third-order valence-corrected chi connectivity index (χ3v) is 5.11. The number of hydrogen-bond acceptors (Lipinski definition) is 3. The normalized spacial score (nSPS) is 25.2. The summed E-state index contributed by atoms with van der Waals surface area (Å²) in [5, 5.41) is 6.35. The van der Waals surface area contributed by atoms with Crippen molar-refractivity contribution in [2.24, 2.45) is 5.92 Å². The Morgan fingerprint density at radius 3 is 3.15 bits per heavy atom. The molecule has 2 atom stereocenters. The minimum Gasteiger partial charge on any atom is -0.349 e. The summed E-state index contributed by atoms with van der Waals surface area (Å²) < 4.78 is 13.4. The summed E-state index contributed by atoms with van der Waals surface area (Å²) in [4.78, 5) is 13.2. The van der Waals surface area contributed by atoms with Gasteiger partial charge in [-0.25, -0.2) is 4.39 Å². The second-order valence-corrected chi connectivity index (χ2v) is 6.64. The van der Waals surface area contributed by atoms with E-state index in [1.807, 2.05) is 6.07 Å². The van der Waals surface area contributed by atoms with Crippen LogP contribution in [0.25, 0.3) is 0 Å². The molecule has 1 aromatic carbocycles. The Bertz CT molecular complexity index is 503. The smallest absolute Gasteiger partial charge is 0.220 e. The molecule has 2 unspecified atom stereocenters. The Labute approximate surface area is 122 Å². The standard InChI is InChI=1S/C15H19FN2OS/c16-11-1-2-14-12(8-11)13(4-6-20-14)18-15(19)7-10-3-5-17-9-10/h1-2,8,10,13,17H,3-7,9H2,(H,18,19). The lowest BCUT2D eigenvalue weighted by Gasteiger charge is -2.26. The summed E-state index contributed by atoms with van der Waals surface area (Å²) in [5.41, 5.74) is 0.930. The second kappa shape index (κ2) is 6.14. The second-order valence-electron chi connectivity index (χ2n) is 5.50. The predicted molar refractivity (Wildman–Crippen MR) is 78.2 cm³/mol. The molecule has 2 aliphatic rings. The summed E-state index contributed by atoms with van der Waals surface area (Å²) in [6, 6.07) is 4.82. The van der Waals surface area contributed by atoms with Crippen molar-refractivity contribution in [1.82, 2.24) is 10.6 Å². The van der Waals surface area contributed by atoms with Gasteiger partial charge in [0.1, 0.15) is 5.82 Å². The Kier molecular flexibility index (Phi) is 4.27. The molecule has 108 valence electrons. The third kappa shape index (κ3) is 3.15. The number of amides is 1. The van der Waals surface area contributed by atoms with E-state index in [9.17, 15) is 9.18 Å². The first kappa shape index (κ1) is 13.9. The van der Waals surface area contributed by atoms with Gasteiger partial charge in [-0.15, -0.1) is 11.8 Å². The Balaban J connectivity index is 1.66. The van der Waals surface area contributed by atoms with E-state index in [-0.39, 0.29) is 17.8 Å². The van der Waals surface area contributed by atoms with E-state index in [1.165, 1.54) is 6.07 Å². The molecule has 3 nitrogen and oxygen atoms in total. The van der Waals surface area contributed by atoms with Crippen LogP contribution in [0.1, 0.15) is 30.9 Å². The maximum Gasteiger partial charge on any atom is 0.220 e. The number of halogens is 1. The number of hydrogen-bond donors (Lipinski definition) is 2. The summed E-state index contributed by atoms with van der Waals surface area (Å²) in [7, 11) is 0. The van der Waals surface area contributed by atoms with Gasteiger partial charge in [0.15, 0.2) is 0 Å². The minimum atomic E-state index is -0.231. The molecule has 0 aromatic heterocycles. The number of benzene rings is 1. The van der Waals surface area contributed by atoms with Gasteiger partial charge in [-0.1, -0.05) is 0 Å². The van der Waals surface area contributed by atoms with Crippen LogP contribution in [0.2, 0.25) is 0 Å². The molecule has 1 saturated heterocycles. The first-order chi connectivity index (χ1) is 9.72. The Hall–Kier alpha value is -1.07. The molecule has 1 amide bonds. The molecule has 20 heavy (non-hydrogen) atoms. The van der Waals surface area contributed by atoms with E-state index in [4.69, 9.17) is 0 Å². The van der Waals surface area contributed by atoms with E-state index in [0.717, 1.165) is 42.1 Å². The van der Waals surface area contributed by atoms with Gasteiger partial charge >= 0.3 is 0 Å². The van der Waals surface area contributed by atoms with Crippen LogP contribution in [0.15, 0.2) is 23.1 Å². The van der Waals surface area contributed by atoms with Crippen LogP contribution in [0.4, 0.5) is 4.39 Å². The van der Waals surface area contributed by atoms with E-state index in [1.54, 1.807) is 17.8 Å². The number of rotatable bonds is 3. The number of carbonyl (C=O) groups excluding carboxylic acids is 1. The molecule has 0 saturated carbocycles. The fourth-order valence-corrected chi connectivity index (χ4v) is 4.02. The molecule has 2 N–H and O–H groups in total. The lowest BCUT2D eigenvalue weighted by atomic mass is 10.0. The fourth-order valence-electron chi connectivity index (χ4n) is 2.92. The van der Waals surface area contributed by atoms with Gasteiger partial charge in [0.2, 0.25) is 5.91 Å². The zero-order valence-corrected chi connectivity index (χ0v) is 12.1. The molecule has 0 bridgehead atoms. The molecule has 2 aliphatic heterocycles. The van der Waals surface area contributed by atoms with Gasteiger partial charge in [0.05, 0.1) is 6.04 Å². The average molecular weight is 294 g/mol. The Morgan fingerprint density at radius 1 is 1.45 bits per heavy atom. The SMILES string of the molecule is O=C(CC1CCNC1)NC1CCSc2ccc(F)cc21. The number of nitrogens with one attached hydrogen (secondary N) is 2. The highest BCUT2D eigenvalue weighted by molar-refractivity contribution is 7.99. The molecule has 5 heteroatoms. The van der Waals surface area contributed by atoms with Crippen LogP contribution in [-0.2, 0) is 4.79 Å². The molecule has 0 aliphatic carbocycles. The summed E-state index contributed by atoms with van der Waals surface area (Å²) in [6.45, 7) is 1.94. The highest BCUT2D eigenvalue weighted by atomic mass is 32.2. The van der Waals surface area contributed by atoms with Gasteiger partial charge in [-0.2, -0.15) is 0 Å². The van der Waals surface area contributed by atoms with E-state index < -0.39 is 0 Å². The largest absolute Gasteiger partial charge is 0.349 e. The van der Waals surface area contributed by atoms with Gasteiger partial charge in [-0.05, 0) is 55.6 Å². The van der Waals surface area contributed by atoms with Gasteiger partial charge in [0.25, 0.3) is 0 Å². The average Bonchev–Trinajstić information content (AvgIpc) is 2.92. The first-order valence-electron chi connectivity index (χ1n) is 7.14. The van der Waals surface area contributed by atoms with Crippen molar-refractivity contribution in [1.29, 1.82) is 0 Å². The third-order valence-electron chi connectivity index (χ3n) is 3.98. The molecule has 0 radical (unpaired) electrons. The molecule has 3 rings (SSSR count). The van der Waals surface area contributed by atoms with Gasteiger partial charge in [-0.3, -0.25) is 4.79 Å². The van der Waals surface area contributed by atoms with Crippen molar-refractivity contribution in [3.8, 4) is 0 Å². The molecule has 0 spiro atoms. The number of carbonyl (C=O) groups is 1. The molecule has 1 fully saturated rings. The van der Waals surface area contributed by atoms with Crippen molar-refractivity contribution in [3.05, 3.63) is 29.6 Å². The highest BCUT2D eigenvalue weighted by Gasteiger charge is 2.24. The van der Waals surface area contributed by atoms with Gasteiger partial charge < -0.3 is 10.6 Å². The van der Waals surface area contributed by atoms with Crippen molar-refractivity contribution in [2.45, 2.75) is 30.2 Å². The van der Waals surface area contributed by atoms with Crippen molar-refractivity contribution >= 4 is 17.7 Å². The van der Waals surface area contributed by atoms with Crippen LogP contribution in [-0.4, -0.2) is 24.7 Å². The summed E-state index contributed by atoms with van der Waals surface area (Å²) >= 11 is 1.73. The van der Waals surface area contributed by atoms with Crippen LogP contribution < -0.4 is 10.6 Å². The topological polar surface area (TPSA) is 41.1 Å². The van der Waals surface area contributed by atoms with Gasteiger partial charge in [0, 0.05) is 17.1 Å². The maximum absolute atomic E-state index is 13.4. The maximum atomic E-state index is 13.4. The lowest BCUT2D eigenvalue weighted by Crippen LogP contribution is -2.32.